The van der Waals surface area contributed by atoms with E-state index in [9.17, 15) is 14.4 Å². The second kappa shape index (κ2) is 7.38. The van der Waals surface area contributed by atoms with Gasteiger partial charge in [0, 0.05) is 6.54 Å². The molecule has 0 aliphatic carbocycles. The molecule has 0 saturated carbocycles. The maximum Gasteiger partial charge on any atom is 0.322 e. The molecule has 2 unspecified atom stereocenters. The molecular weight excluding hydrogens is 260 g/mol. The molecule has 1 saturated heterocycles. The molecule has 1 fully saturated rings. The monoisotopic (exact) mass is 284 g/mol. The summed E-state index contributed by atoms with van der Waals surface area (Å²) in [7, 11) is 1.32. The summed E-state index contributed by atoms with van der Waals surface area (Å²) >= 11 is 0. The van der Waals surface area contributed by atoms with E-state index < -0.39 is 18.1 Å². The van der Waals surface area contributed by atoms with Gasteiger partial charge in [0.1, 0.15) is 6.04 Å². The van der Waals surface area contributed by atoms with E-state index >= 15 is 0 Å². The van der Waals surface area contributed by atoms with Gasteiger partial charge in [-0.2, -0.15) is 0 Å². The Hall–Kier alpha value is -1.43. The average Bonchev–Trinajstić information content (AvgIpc) is 2.64. The Kier molecular flexibility index (Phi) is 6.13. The van der Waals surface area contributed by atoms with E-state index in [1.807, 2.05) is 20.8 Å². The molecule has 0 aromatic heterocycles. The molecule has 0 spiro atoms. The van der Waals surface area contributed by atoms with Gasteiger partial charge in [-0.15, -0.1) is 0 Å². The minimum atomic E-state index is -0.614. The predicted molar refractivity (Wildman–Crippen MR) is 73.8 cm³/mol. The third kappa shape index (κ3) is 4.03. The number of esters is 1. The van der Waals surface area contributed by atoms with Crippen molar-refractivity contribution in [1.29, 1.82) is 0 Å². The Morgan fingerprint density at radius 3 is 2.60 bits per heavy atom. The smallest absolute Gasteiger partial charge is 0.322 e. The zero-order valence-corrected chi connectivity index (χ0v) is 12.6. The fraction of sp³-hybridized carbons (Fsp3) is 0.786. The first-order chi connectivity index (χ1) is 9.40. The van der Waals surface area contributed by atoms with Crippen molar-refractivity contribution in [2.75, 3.05) is 13.7 Å². The van der Waals surface area contributed by atoms with Crippen LogP contribution in [0.3, 0.4) is 0 Å². The molecule has 0 aromatic carbocycles. The molecule has 6 nitrogen and oxygen atoms in total. The van der Waals surface area contributed by atoms with Crippen molar-refractivity contribution in [1.82, 2.24) is 10.2 Å². The summed E-state index contributed by atoms with van der Waals surface area (Å²) in [6, 6.07) is -1.17. The molecule has 2 atom stereocenters. The van der Waals surface area contributed by atoms with E-state index in [-0.39, 0.29) is 24.2 Å². The van der Waals surface area contributed by atoms with Gasteiger partial charge in [-0.3, -0.25) is 24.6 Å². The average molecular weight is 284 g/mol. The van der Waals surface area contributed by atoms with Crippen LogP contribution in [0.1, 0.15) is 40.0 Å². The number of amides is 2. The zero-order valence-electron chi connectivity index (χ0n) is 12.6. The second-order valence-corrected chi connectivity index (χ2v) is 5.51. The standard InChI is InChI=1S/C14H24N2O4/c1-5-6-16-12(17)8-10(13(16)18)15-11(7-9(2)3)14(19)20-4/h9-11,15H,5-8H2,1-4H3. The Balaban J connectivity index is 2.72. The highest BCUT2D eigenvalue weighted by Gasteiger charge is 2.40. The first kappa shape index (κ1) is 16.6. The van der Waals surface area contributed by atoms with Gasteiger partial charge in [0.05, 0.1) is 19.6 Å². The van der Waals surface area contributed by atoms with Gasteiger partial charge in [0.25, 0.3) is 0 Å². The van der Waals surface area contributed by atoms with Gasteiger partial charge < -0.3 is 4.74 Å². The molecule has 1 aliphatic heterocycles. The van der Waals surface area contributed by atoms with Gasteiger partial charge in [-0.1, -0.05) is 20.8 Å². The largest absolute Gasteiger partial charge is 0.468 e. The van der Waals surface area contributed by atoms with Gasteiger partial charge >= 0.3 is 5.97 Å². The number of rotatable bonds is 7. The minimum Gasteiger partial charge on any atom is -0.468 e. The first-order valence-corrected chi connectivity index (χ1v) is 7.08. The Labute approximate surface area is 119 Å². The third-order valence-corrected chi connectivity index (χ3v) is 3.29. The molecule has 6 heteroatoms. The zero-order chi connectivity index (χ0) is 15.3. The number of nitrogens with zero attached hydrogens (tertiary/aromatic N) is 1. The van der Waals surface area contributed by atoms with Crippen molar-refractivity contribution < 1.29 is 19.1 Å². The van der Waals surface area contributed by atoms with Gasteiger partial charge in [0.2, 0.25) is 11.8 Å². The molecule has 0 radical (unpaired) electrons. The van der Waals surface area contributed by atoms with Crippen LogP contribution < -0.4 is 5.32 Å². The number of methoxy groups -OCH3 is 1. The number of imide groups is 1. The number of ether oxygens (including phenoxy) is 1. The molecule has 114 valence electrons. The van der Waals surface area contributed by atoms with Crippen LogP contribution in [0, 0.1) is 5.92 Å². The molecule has 0 bridgehead atoms. The predicted octanol–water partition coefficient (Wildman–Crippen LogP) is 0.701. The minimum absolute atomic E-state index is 0.115. The van der Waals surface area contributed by atoms with Crippen LogP contribution in [-0.4, -0.2) is 48.4 Å². The summed E-state index contributed by atoms with van der Waals surface area (Å²) in [5.74, 6) is -0.532. The molecule has 1 N–H and O–H groups in total. The van der Waals surface area contributed by atoms with E-state index in [0.29, 0.717) is 13.0 Å². The normalized spacial score (nSPS) is 20.6. The lowest BCUT2D eigenvalue weighted by atomic mass is 10.0. The van der Waals surface area contributed by atoms with Crippen LogP contribution in [-0.2, 0) is 19.1 Å². The maximum absolute atomic E-state index is 12.1. The van der Waals surface area contributed by atoms with Crippen molar-refractivity contribution >= 4 is 17.8 Å². The lowest BCUT2D eigenvalue weighted by Gasteiger charge is -2.21. The lowest BCUT2D eigenvalue weighted by Crippen LogP contribution is -2.48. The van der Waals surface area contributed by atoms with Crippen LogP contribution in [0.25, 0.3) is 0 Å². The maximum atomic E-state index is 12.1. The van der Waals surface area contributed by atoms with Crippen molar-refractivity contribution in [3.05, 3.63) is 0 Å². The van der Waals surface area contributed by atoms with Gasteiger partial charge in [-0.05, 0) is 18.8 Å². The molecule has 2 amide bonds. The molecular formula is C14H24N2O4. The third-order valence-electron chi connectivity index (χ3n) is 3.29. The SMILES string of the molecule is CCCN1C(=O)CC(NC(CC(C)C)C(=O)OC)C1=O. The summed E-state index contributed by atoms with van der Waals surface area (Å²) in [6.07, 6.45) is 1.42. The molecule has 20 heavy (non-hydrogen) atoms. The number of likely N-dealkylation sites (tertiary alicyclic amines) is 1. The second-order valence-electron chi connectivity index (χ2n) is 5.51. The molecule has 1 heterocycles. The lowest BCUT2D eigenvalue weighted by molar-refractivity contribution is -0.144. The fourth-order valence-electron chi connectivity index (χ4n) is 2.36. The van der Waals surface area contributed by atoms with E-state index in [1.165, 1.54) is 12.0 Å². The van der Waals surface area contributed by atoms with Crippen LogP contribution in [0.4, 0.5) is 0 Å². The highest BCUT2D eigenvalue weighted by Crippen LogP contribution is 2.16. The van der Waals surface area contributed by atoms with E-state index in [1.54, 1.807) is 0 Å². The summed E-state index contributed by atoms with van der Waals surface area (Å²) in [5.41, 5.74) is 0. The number of nitrogens with one attached hydrogen (secondary N) is 1. The van der Waals surface area contributed by atoms with Crippen molar-refractivity contribution in [3.8, 4) is 0 Å². The highest BCUT2D eigenvalue weighted by molar-refractivity contribution is 6.05. The fourth-order valence-corrected chi connectivity index (χ4v) is 2.36. The summed E-state index contributed by atoms with van der Waals surface area (Å²) < 4.78 is 4.75. The van der Waals surface area contributed by atoms with Gasteiger partial charge in [0.15, 0.2) is 0 Å². The highest BCUT2D eigenvalue weighted by atomic mass is 16.5. The summed E-state index contributed by atoms with van der Waals surface area (Å²) in [4.78, 5) is 36.9. The van der Waals surface area contributed by atoms with E-state index in [0.717, 1.165) is 6.42 Å². The molecule has 1 aliphatic rings. The van der Waals surface area contributed by atoms with Crippen molar-refractivity contribution in [2.45, 2.75) is 52.1 Å². The molecule has 1 rings (SSSR count). The van der Waals surface area contributed by atoms with Crippen LogP contribution in [0.5, 0.6) is 0 Å². The summed E-state index contributed by atoms with van der Waals surface area (Å²) in [6.45, 7) is 6.32. The van der Waals surface area contributed by atoms with Crippen LogP contribution in [0.2, 0.25) is 0 Å². The van der Waals surface area contributed by atoms with E-state index in [2.05, 4.69) is 5.32 Å². The number of carbonyl (C=O) groups is 3. The van der Waals surface area contributed by atoms with Crippen molar-refractivity contribution in [2.24, 2.45) is 5.92 Å². The molecule has 0 aromatic rings. The van der Waals surface area contributed by atoms with Crippen LogP contribution in [0.15, 0.2) is 0 Å². The van der Waals surface area contributed by atoms with Crippen LogP contribution >= 0.6 is 0 Å². The first-order valence-electron chi connectivity index (χ1n) is 7.08. The topological polar surface area (TPSA) is 75.7 Å². The Morgan fingerprint density at radius 1 is 1.45 bits per heavy atom. The number of carbonyl (C=O) groups excluding carboxylic acids is 3. The van der Waals surface area contributed by atoms with Crippen molar-refractivity contribution in [3.63, 3.8) is 0 Å². The van der Waals surface area contributed by atoms with E-state index in [4.69, 9.17) is 4.74 Å². The number of hydrogen-bond donors (Lipinski definition) is 1. The van der Waals surface area contributed by atoms with Gasteiger partial charge in [-0.25, -0.2) is 0 Å². The number of hydrogen-bond acceptors (Lipinski definition) is 5. The Bertz CT molecular complexity index is 381. The summed E-state index contributed by atoms with van der Waals surface area (Å²) in [5, 5.41) is 2.98. The quantitative estimate of drug-likeness (QED) is 0.550. The Morgan fingerprint density at radius 2 is 2.10 bits per heavy atom.